The monoisotopic (exact) mass is 390 g/mol. The van der Waals surface area contributed by atoms with Crippen molar-refractivity contribution in [3.8, 4) is 17.4 Å². The number of hydrogen-bond donors (Lipinski definition) is 0. The summed E-state index contributed by atoms with van der Waals surface area (Å²) in [5.41, 5.74) is 1.30. The smallest absolute Gasteiger partial charge is 0.333 e. The molecular weight excluding hydrogens is 372 g/mol. The molecule has 0 fully saturated rings. The van der Waals surface area contributed by atoms with Crippen LogP contribution in [0.1, 0.15) is 22.6 Å². The zero-order valence-corrected chi connectivity index (χ0v) is 15.9. The Bertz CT molecular complexity index is 1270. The molecular formula is C22H18N2O5. The normalized spacial score (nSPS) is 16.8. The summed E-state index contributed by atoms with van der Waals surface area (Å²) in [5, 5.41) is 0. The molecule has 146 valence electrons. The van der Waals surface area contributed by atoms with Gasteiger partial charge in [-0.3, -0.25) is 13.9 Å². The lowest BCUT2D eigenvalue weighted by Gasteiger charge is -2.26. The van der Waals surface area contributed by atoms with Gasteiger partial charge in [0.2, 0.25) is 12.7 Å². The van der Waals surface area contributed by atoms with Crippen LogP contribution in [0.4, 0.5) is 0 Å². The van der Waals surface area contributed by atoms with E-state index in [9.17, 15) is 9.59 Å². The highest BCUT2D eigenvalue weighted by Crippen LogP contribution is 2.41. The van der Waals surface area contributed by atoms with Crippen LogP contribution >= 0.6 is 0 Å². The second kappa shape index (κ2) is 6.41. The SMILES string of the molecule is Cn1c2c(c(=O)n(C)c1=O)C(c1ccc3c(c1)OCO3)C=C(c1ccccc1)O2. The third-order valence-corrected chi connectivity index (χ3v) is 5.29. The van der Waals surface area contributed by atoms with Crippen molar-refractivity contribution in [1.29, 1.82) is 0 Å². The highest BCUT2D eigenvalue weighted by Gasteiger charge is 2.31. The average Bonchev–Trinajstić information content (AvgIpc) is 3.24. The van der Waals surface area contributed by atoms with Gasteiger partial charge in [-0.2, -0.15) is 0 Å². The molecule has 7 heteroatoms. The van der Waals surface area contributed by atoms with Crippen LogP contribution in [0, 0.1) is 0 Å². The minimum atomic E-state index is -0.438. The molecule has 2 aliphatic heterocycles. The fourth-order valence-corrected chi connectivity index (χ4v) is 3.74. The number of ether oxygens (including phenoxy) is 3. The van der Waals surface area contributed by atoms with Crippen molar-refractivity contribution in [3.05, 3.63) is 92.1 Å². The highest BCUT2D eigenvalue weighted by atomic mass is 16.7. The molecule has 1 unspecified atom stereocenters. The quantitative estimate of drug-likeness (QED) is 0.672. The van der Waals surface area contributed by atoms with Gasteiger partial charge >= 0.3 is 5.69 Å². The van der Waals surface area contributed by atoms with Gasteiger partial charge in [0.1, 0.15) is 5.76 Å². The summed E-state index contributed by atoms with van der Waals surface area (Å²) in [6.07, 6.45) is 1.90. The van der Waals surface area contributed by atoms with Gasteiger partial charge in [0, 0.05) is 25.6 Å². The van der Waals surface area contributed by atoms with Crippen LogP contribution in [0.3, 0.4) is 0 Å². The van der Waals surface area contributed by atoms with E-state index < -0.39 is 11.6 Å². The first-order chi connectivity index (χ1) is 14.0. The molecule has 0 radical (unpaired) electrons. The number of hydrogen-bond acceptors (Lipinski definition) is 5. The summed E-state index contributed by atoms with van der Waals surface area (Å²) >= 11 is 0. The molecule has 7 nitrogen and oxygen atoms in total. The Hall–Kier alpha value is -3.74. The van der Waals surface area contributed by atoms with E-state index in [4.69, 9.17) is 14.2 Å². The fraction of sp³-hybridized carbons (Fsp3) is 0.182. The Labute approximate surface area is 166 Å². The summed E-state index contributed by atoms with van der Waals surface area (Å²) in [7, 11) is 3.07. The summed E-state index contributed by atoms with van der Waals surface area (Å²) in [5.74, 6) is 1.73. The van der Waals surface area contributed by atoms with Gasteiger partial charge in [-0.1, -0.05) is 36.4 Å². The maximum absolute atomic E-state index is 13.0. The Kier molecular flexibility index (Phi) is 3.84. The van der Waals surface area contributed by atoms with Crippen molar-refractivity contribution in [2.24, 2.45) is 14.1 Å². The predicted molar refractivity (Wildman–Crippen MR) is 106 cm³/mol. The van der Waals surface area contributed by atoms with Crippen LogP contribution in [0.15, 0.2) is 64.2 Å². The minimum Gasteiger partial charge on any atom is -0.454 e. The molecule has 0 aliphatic carbocycles. The molecule has 0 N–H and O–H groups in total. The van der Waals surface area contributed by atoms with Crippen molar-refractivity contribution >= 4 is 5.76 Å². The first-order valence-electron chi connectivity index (χ1n) is 9.19. The zero-order valence-electron chi connectivity index (χ0n) is 15.9. The molecule has 5 rings (SSSR count). The van der Waals surface area contributed by atoms with Crippen molar-refractivity contribution < 1.29 is 14.2 Å². The second-order valence-corrected chi connectivity index (χ2v) is 7.01. The average molecular weight is 390 g/mol. The summed E-state index contributed by atoms with van der Waals surface area (Å²) in [6.45, 7) is 0.171. The number of fused-ring (bicyclic) bond motifs is 2. The molecule has 3 heterocycles. The van der Waals surface area contributed by atoms with E-state index in [-0.39, 0.29) is 18.2 Å². The molecule has 2 aliphatic rings. The van der Waals surface area contributed by atoms with Gasteiger partial charge in [-0.25, -0.2) is 4.79 Å². The Morgan fingerprint density at radius 3 is 2.48 bits per heavy atom. The Morgan fingerprint density at radius 2 is 1.69 bits per heavy atom. The fourth-order valence-electron chi connectivity index (χ4n) is 3.74. The second-order valence-electron chi connectivity index (χ2n) is 7.01. The van der Waals surface area contributed by atoms with Crippen molar-refractivity contribution in [2.75, 3.05) is 6.79 Å². The van der Waals surface area contributed by atoms with Gasteiger partial charge in [-0.05, 0) is 23.8 Å². The third-order valence-electron chi connectivity index (χ3n) is 5.29. The Balaban J connectivity index is 1.77. The lowest BCUT2D eigenvalue weighted by atomic mass is 9.89. The summed E-state index contributed by atoms with van der Waals surface area (Å²) in [4.78, 5) is 25.5. The molecule has 0 spiro atoms. The predicted octanol–water partition coefficient (Wildman–Crippen LogP) is 2.38. The molecule has 0 amide bonds. The van der Waals surface area contributed by atoms with Crippen LogP contribution in [0.5, 0.6) is 17.4 Å². The molecule has 29 heavy (non-hydrogen) atoms. The van der Waals surface area contributed by atoms with Crippen LogP contribution in [-0.2, 0) is 14.1 Å². The van der Waals surface area contributed by atoms with Crippen LogP contribution in [0.2, 0.25) is 0 Å². The lowest BCUT2D eigenvalue weighted by molar-refractivity contribution is 0.174. The summed E-state index contributed by atoms with van der Waals surface area (Å²) < 4.78 is 19.5. The first kappa shape index (κ1) is 17.4. The van der Waals surface area contributed by atoms with Crippen LogP contribution < -0.4 is 25.5 Å². The topological polar surface area (TPSA) is 71.7 Å². The van der Waals surface area contributed by atoms with Crippen LogP contribution in [-0.4, -0.2) is 15.9 Å². The van der Waals surface area contributed by atoms with Gasteiger partial charge in [0.05, 0.1) is 5.56 Å². The number of nitrogens with zero attached hydrogens (tertiary/aromatic N) is 2. The number of allylic oxidation sites excluding steroid dienone is 1. The van der Waals surface area contributed by atoms with E-state index >= 15 is 0 Å². The van der Waals surface area contributed by atoms with Crippen molar-refractivity contribution in [3.63, 3.8) is 0 Å². The number of benzene rings is 2. The highest BCUT2D eigenvalue weighted by molar-refractivity contribution is 5.67. The molecule has 1 aromatic heterocycles. The number of aromatic nitrogens is 2. The van der Waals surface area contributed by atoms with Crippen molar-refractivity contribution in [2.45, 2.75) is 5.92 Å². The summed E-state index contributed by atoms with van der Waals surface area (Å²) in [6, 6.07) is 15.2. The maximum atomic E-state index is 13.0. The molecule has 3 aromatic rings. The van der Waals surface area contributed by atoms with E-state index in [1.165, 1.54) is 11.6 Å². The van der Waals surface area contributed by atoms with E-state index in [2.05, 4.69) is 0 Å². The Morgan fingerprint density at radius 1 is 0.931 bits per heavy atom. The molecule has 0 saturated heterocycles. The van der Waals surface area contributed by atoms with Gasteiger partial charge in [0.15, 0.2) is 11.5 Å². The van der Waals surface area contributed by atoms with E-state index in [0.717, 1.165) is 15.7 Å². The van der Waals surface area contributed by atoms with E-state index in [1.807, 2.05) is 54.6 Å². The third kappa shape index (κ3) is 2.66. The van der Waals surface area contributed by atoms with E-state index in [0.29, 0.717) is 22.8 Å². The van der Waals surface area contributed by atoms with Gasteiger partial charge < -0.3 is 14.2 Å². The molecule has 1 atom stereocenters. The molecule has 2 aromatic carbocycles. The maximum Gasteiger partial charge on any atom is 0.333 e. The van der Waals surface area contributed by atoms with Crippen LogP contribution in [0.25, 0.3) is 5.76 Å². The largest absolute Gasteiger partial charge is 0.454 e. The van der Waals surface area contributed by atoms with Crippen molar-refractivity contribution in [1.82, 2.24) is 9.13 Å². The zero-order chi connectivity index (χ0) is 20.1. The van der Waals surface area contributed by atoms with E-state index in [1.54, 1.807) is 7.05 Å². The molecule has 0 bridgehead atoms. The van der Waals surface area contributed by atoms with Gasteiger partial charge in [0.25, 0.3) is 5.56 Å². The minimum absolute atomic E-state index is 0.171. The lowest BCUT2D eigenvalue weighted by Crippen LogP contribution is -2.41. The van der Waals surface area contributed by atoms with Gasteiger partial charge in [-0.15, -0.1) is 0 Å². The first-order valence-corrected chi connectivity index (χ1v) is 9.19. The molecule has 0 saturated carbocycles. The standard InChI is InChI=1S/C22H18N2O5/c1-23-20(25)19-15(14-8-9-16-18(10-14)28-12-27-16)11-17(13-6-4-3-5-7-13)29-21(19)24(2)22(23)26/h3-11,15H,12H2,1-2H3. The number of rotatable bonds is 2.